The highest BCUT2D eigenvalue weighted by Crippen LogP contribution is 2.21. The Morgan fingerprint density at radius 3 is 1.44 bits per heavy atom. The average Bonchev–Trinajstić information content (AvgIpc) is 3.15. The molecule has 158 valence electrons. The minimum atomic E-state index is 1.10. The summed E-state index contributed by atoms with van der Waals surface area (Å²) in [6, 6.07) is 0. The molecular formula is C25H47IN+. The minimum Gasteiger partial charge on any atom is -0.313 e. The van der Waals surface area contributed by atoms with E-state index in [1.54, 1.807) is 0 Å². The van der Waals surface area contributed by atoms with Crippen molar-refractivity contribution >= 4 is 22.6 Å². The van der Waals surface area contributed by atoms with Crippen LogP contribution in [0.2, 0.25) is 0 Å². The summed E-state index contributed by atoms with van der Waals surface area (Å²) in [6.07, 6.45) is 26.2. The number of nitrogens with zero attached hydrogens (tertiary/aromatic N) is 1. The molecular weight excluding hydrogens is 441 g/mol. The molecule has 1 nitrogen and oxygen atoms in total. The molecule has 1 aliphatic heterocycles. The Balaban J connectivity index is 1.81. The summed E-state index contributed by atoms with van der Waals surface area (Å²) in [5.41, 5.74) is 0. The first-order valence-electron chi connectivity index (χ1n) is 12.3. The Kier molecular flexibility index (Phi) is 17.1. The Morgan fingerprint density at radius 2 is 1.04 bits per heavy atom. The van der Waals surface area contributed by atoms with Crippen LogP contribution in [0.3, 0.4) is 0 Å². The van der Waals surface area contributed by atoms with Gasteiger partial charge in [-0.1, -0.05) is 96.8 Å². The minimum absolute atomic E-state index is 1.10. The molecule has 0 saturated carbocycles. The van der Waals surface area contributed by atoms with E-state index >= 15 is 0 Å². The monoisotopic (exact) mass is 488 g/mol. The van der Waals surface area contributed by atoms with Crippen LogP contribution in [-0.2, 0) is 0 Å². The van der Waals surface area contributed by atoms with Crippen molar-refractivity contribution in [1.82, 2.24) is 0 Å². The average molecular weight is 489 g/mol. The maximum atomic E-state index is 3.34. The SMILES string of the molecule is CCCCCCCCCCCCCCCCCC[N+]1(CC#CI)CCCC1. The molecule has 1 fully saturated rings. The van der Waals surface area contributed by atoms with Crippen molar-refractivity contribution in [1.29, 1.82) is 0 Å². The zero-order valence-electron chi connectivity index (χ0n) is 18.4. The lowest BCUT2D eigenvalue weighted by atomic mass is 10.0. The van der Waals surface area contributed by atoms with Gasteiger partial charge >= 0.3 is 0 Å². The first-order chi connectivity index (χ1) is 13.3. The zero-order chi connectivity index (χ0) is 19.5. The van der Waals surface area contributed by atoms with Crippen LogP contribution in [-0.4, -0.2) is 30.7 Å². The third-order valence-corrected chi connectivity index (χ3v) is 6.86. The summed E-state index contributed by atoms with van der Waals surface area (Å²) in [7, 11) is 0. The lowest BCUT2D eigenvalue weighted by Crippen LogP contribution is -2.46. The number of likely N-dealkylation sites (tertiary alicyclic amines) is 1. The van der Waals surface area contributed by atoms with Gasteiger partial charge < -0.3 is 4.48 Å². The van der Waals surface area contributed by atoms with Gasteiger partial charge in [0.15, 0.2) is 0 Å². The number of hydrogen-bond donors (Lipinski definition) is 0. The van der Waals surface area contributed by atoms with Crippen molar-refractivity contribution in [3.63, 3.8) is 0 Å². The van der Waals surface area contributed by atoms with Crippen molar-refractivity contribution < 1.29 is 4.48 Å². The zero-order valence-corrected chi connectivity index (χ0v) is 20.5. The van der Waals surface area contributed by atoms with Crippen LogP contribution in [0.1, 0.15) is 122 Å². The summed E-state index contributed by atoms with van der Waals surface area (Å²) in [5, 5.41) is 0. The Bertz CT molecular complexity index is 376. The van der Waals surface area contributed by atoms with Crippen LogP contribution in [0.15, 0.2) is 0 Å². The first-order valence-corrected chi connectivity index (χ1v) is 13.3. The molecule has 0 atom stereocenters. The molecule has 0 aliphatic carbocycles. The lowest BCUT2D eigenvalue weighted by Gasteiger charge is -2.32. The number of hydrogen-bond acceptors (Lipinski definition) is 0. The lowest BCUT2D eigenvalue weighted by molar-refractivity contribution is -0.910. The molecule has 0 aromatic rings. The van der Waals surface area contributed by atoms with E-state index in [4.69, 9.17) is 0 Å². The molecule has 1 aliphatic rings. The maximum absolute atomic E-state index is 3.34. The number of quaternary nitrogens is 1. The Morgan fingerprint density at radius 1 is 0.630 bits per heavy atom. The summed E-state index contributed by atoms with van der Waals surface area (Å²) >= 11 is 2.19. The van der Waals surface area contributed by atoms with Gasteiger partial charge in [-0.2, -0.15) is 0 Å². The van der Waals surface area contributed by atoms with E-state index in [0.717, 1.165) is 6.54 Å². The van der Waals surface area contributed by atoms with Crippen LogP contribution in [0.25, 0.3) is 0 Å². The predicted molar refractivity (Wildman–Crippen MR) is 130 cm³/mol. The molecule has 0 radical (unpaired) electrons. The van der Waals surface area contributed by atoms with Crippen LogP contribution in [0.5, 0.6) is 0 Å². The molecule has 27 heavy (non-hydrogen) atoms. The van der Waals surface area contributed by atoms with E-state index in [-0.39, 0.29) is 0 Å². The second-order valence-electron chi connectivity index (χ2n) is 8.95. The van der Waals surface area contributed by atoms with Crippen LogP contribution >= 0.6 is 22.6 Å². The van der Waals surface area contributed by atoms with Gasteiger partial charge in [0.05, 0.1) is 19.6 Å². The highest BCUT2D eigenvalue weighted by molar-refractivity contribution is 14.1. The molecule has 0 aromatic carbocycles. The topological polar surface area (TPSA) is 0 Å². The molecule has 0 amide bonds. The standard InChI is InChI=1S/C25H47IN/c1-2-3-4-5-6-7-8-9-10-11-12-13-14-15-16-17-22-27(25-20-21-26)23-18-19-24-27/h2-19,22-25H2,1H3/q+1. The molecule has 1 heterocycles. The van der Waals surface area contributed by atoms with E-state index in [9.17, 15) is 0 Å². The van der Waals surface area contributed by atoms with Crippen molar-refractivity contribution in [3.8, 4) is 9.85 Å². The highest BCUT2D eigenvalue weighted by Gasteiger charge is 2.30. The Labute approximate surface area is 185 Å². The fourth-order valence-electron chi connectivity index (χ4n) is 4.66. The third-order valence-electron chi connectivity index (χ3n) is 6.48. The van der Waals surface area contributed by atoms with Gasteiger partial charge in [0, 0.05) is 35.4 Å². The number of unbranched alkanes of at least 4 members (excludes halogenated alkanes) is 15. The predicted octanol–water partition coefficient (Wildman–Crippen LogP) is 8.25. The van der Waals surface area contributed by atoms with E-state index in [2.05, 4.69) is 39.4 Å². The molecule has 0 spiro atoms. The number of rotatable bonds is 18. The summed E-state index contributed by atoms with van der Waals surface area (Å²) in [4.78, 5) is 0. The normalized spacial score (nSPS) is 15.6. The highest BCUT2D eigenvalue weighted by atomic mass is 127. The van der Waals surface area contributed by atoms with Gasteiger partial charge in [0.1, 0.15) is 6.54 Å². The largest absolute Gasteiger partial charge is 0.313 e. The van der Waals surface area contributed by atoms with Gasteiger partial charge in [-0.15, -0.1) is 0 Å². The van der Waals surface area contributed by atoms with Crippen LogP contribution in [0.4, 0.5) is 0 Å². The van der Waals surface area contributed by atoms with Gasteiger partial charge in [-0.3, -0.25) is 0 Å². The van der Waals surface area contributed by atoms with Gasteiger partial charge in [-0.05, 0) is 22.7 Å². The van der Waals surface area contributed by atoms with Crippen molar-refractivity contribution in [2.45, 2.75) is 122 Å². The molecule has 0 unspecified atom stereocenters. The summed E-state index contributed by atoms with van der Waals surface area (Å²) < 4.78 is 4.38. The first kappa shape index (κ1) is 25.3. The van der Waals surface area contributed by atoms with Gasteiger partial charge in [-0.25, -0.2) is 0 Å². The van der Waals surface area contributed by atoms with E-state index < -0.39 is 0 Å². The van der Waals surface area contributed by atoms with Gasteiger partial charge in [0.2, 0.25) is 0 Å². The molecule has 1 rings (SSSR count). The van der Waals surface area contributed by atoms with Crippen molar-refractivity contribution in [2.24, 2.45) is 0 Å². The van der Waals surface area contributed by atoms with Gasteiger partial charge in [0.25, 0.3) is 0 Å². The second-order valence-corrected chi connectivity index (χ2v) is 9.49. The van der Waals surface area contributed by atoms with E-state index in [1.807, 2.05) is 0 Å². The van der Waals surface area contributed by atoms with E-state index in [0.29, 0.717) is 0 Å². The smallest absolute Gasteiger partial charge is 0.141 e. The van der Waals surface area contributed by atoms with E-state index in [1.165, 1.54) is 140 Å². The summed E-state index contributed by atoms with van der Waals surface area (Å²) in [6.45, 7) is 7.54. The molecule has 1 saturated heterocycles. The van der Waals surface area contributed by atoms with Crippen molar-refractivity contribution in [2.75, 3.05) is 26.2 Å². The fourth-order valence-corrected chi connectivity index (χ4v) is 4.83. The maximum Gasteiger partial charge on any atom is 0.141 e. The molecule has 0 aromatic heterocycles. The Hall–Kier alpha value is 0.250. The van der Waals surface area contributed by atoms with Crippen LogP contribution < -0.4 is 0 Å². The molecule has 0 bridgehead atoms. The third kappa shape index (κ3) is 14.0. The van der Waals surface area contributed by atoms with Crippen molar-refractivity contribution in [3.05, 3.63) is 0 Å². The molecule has 2 heteroatoms. The quantitative estimate of drug-likeness (QED) is 0.0789. The van der Waals surface area contributed by atoms with Crippen LogP contribution in [0, 0.1) is 9.85 Å². The number of halogens is 1. The fraction of sp³-hybridized carbons (Fsp3) is 0.920. The molecule has 0 N–H and O–H groups in total. The summed E-state index contributed by atoms with van der Waals surface area (Å²) in [5.74, 6) is 3.34. The second kappa shape index (κ2) is 18.3.